The molecule has 1 saturated heterocycles. The number of piperazine rings is 1. The minimum atomic E-state index is -0.583. The van der Waals surface area contributed by atoms with E-state index in [9.17, 15) is 9.59 Å². The number of carbonyl (C=O) groups excluding carboxylic acids is 2. The molecule has 1 aliphatic heterocycles. The highest BCUT2D eigenvalue weighted by Gasteiger charge is 2.28. The maximum Gasteiger partial charge on any atom is 0.360 e. The van der Waals surface area contributed by atoms with Crippen molar-refractivity contribution in [1.82, 2.24) is 19.9 Å². The van der Waals surface area contributed by atoms with Gasteiger partial charge in [0.15, 0.2) is 17.8 Å². The third-order valence-corrected chi connectivity index (χ3v) is 4.84. The van der Waals surface area contributed by atoms with Crippen LogP contribution in [0.5, 0.6) is 0 Å². The molecule has 0 N–H and O–H groups in total. The summed E-state index contributed by atoms with van der Waals surface area (Å²) >= 11 is 0. The fourth-order valence-corrected chi connectivity index (χ4v) is 3.38. The summed E-state index contributed by atoms with van der Waals surface area (Å²) in [7, 11) is 0. The fraction of sp³-hybridized carbons (Fsp3) is 0.286. The molecule has 1 aliphatic rings. The van der Waals surface area contributed by atoms with Gasteiger partial charge in [-0.15, -0.1) is 0 Å². The average Bonchev–Trinajstić information content (AvgIpc) is 3.29. The summed E-state index contributed by atoms with van der Waals surface area (Å²) in [6, 6.07) is 8.81. The summed E-state index contributed by atoms with van der Waals surface area (Å²) in [5.41, 5.74) is 1.02. The lowest BCUT2D eigenvalue weighted by atomic mass is 10.0. The second kappa shape index (κ2) is 8.73. The Morgan fingerprint density at radius 2 is 1.77 bits per heavy atom. The van der Waals surface area contributed by atoms with Crippen molar-refractivity contribution in [3.8, 4) is 11.3 Å². The summed E-state index contributed by atoms with van der Waals surface area (Å²) in [5, 5.41) is 0. The number of nitrogens with zero attached hydrogens (tertiary/aromatic N) is 5. The van der Waals surface area contributed by atoms with E-state index < -0.39 is 5.97 Å². The number of rotatable bonds is 5. The van der Waals surface area contributed by atoms with Crippen molar-refractivity contribution in [2.24, 2.45) is 0 Å². The molecule has 3 heterocycles. The number of hydrogen-bond donors (Lipinski definition) is 0. The van der Waals surface area contributed by atoms with E-state index in [0.29, 0.717) is 43.3 Å². The second-order valence-electron chi connectivity index (χ2n) is 6.62. The normalized spacial score (nSPS) is 13.9. The van der Waals surface area contributed by atoms with Crippen molar-refractivity contribution < 1.29 is 18.7 Å². The number of carbonyl (C=O) groups is 2. The van der Waals surface area contributed by atoms with Crippen molar-refractivity contribution in [3.63, 3.8) is 0 Å². The molecule has 4 rings (SSSR count). The number of ether oxygens (including phenoxy) is 1. The first-order valence-electron chi connectivity index (χ1n) is 9.70. The molecule has 30 heavy (non-hydrogen) atoms. The SMILES string of the molecule is CCOC(=O)c1ncoc1-c1ccccc1C(=O)N1CCN(c2ncccn2)CC1. The largest absolute Gasteiger partial charge is 0.461 e. The third-order valence-electron chi connectivity index (χ3n) is 4.84. The Labute approximate surface area is 173 Å². The van der Waals surface area contributed by atoms with Crippen LogP contribution in [-0.2, 0) is 4.74 Å². The number of aromatic nitrogens is 3. The second-order valence-corrected chi connectivity index (χ2v) is 6.62. The molecule has 1 aromatic carbocycles. The molecule has 9 heteroatoms. The van der Waals surface area contributed by atoms with Gasteiger partial charge in [-0.1, -0.05) is 18.2 Å². The molecule has 3 aromatic rings. The number of benzene rings is 1. The topological polar surface area (TPSA) is 102 Å². The third kappa shape index (κ3) is 3.86. The molecule has 2 aromatic heterocycles. The van der Waals surface area contributed by atoms with E-state index in [2.05, 4.69) is 15.0 Å². The van der Waals surface area contributed by atoms with E-state index in [-0.39, 0.29) is 24.0 Å². The fourth-order valence-electron chi connectivity index (χ4n) is 3.38. The van der Waals surface area contributed by atoms with Gasteiger partial charge >= 0.3 is 5.97 Å². The van der Waals surface area contributed by atoms with Gasteiger partial charge in [-0.25, -0.2) is 19.7 Å². The number of esters is 1. The summed E-state index contributed by atoms with van der Waals surface area (Å²) in [6.07, 6.45) is 4.59. The smallest absolute Gasteiger partial charge is 0.360 e. The summed E-state index contributed by atoms with van der Waals surface area (Å²) < 4.78 is 10.5. The first kappa shape index (κ1) is 19.6. The Hall–Kier alpha value is -3.75. The molecular weight excluding hydrogens is 386 g/mol. The lowest BCUT2D eigenvalue weighted by Crippen LogP contribution is -2.49. The van der Waals surface area contributed by atoms with Gasteiger partial charge in [0.05, 0.1) is 12.2 Å². The Morgan fingerprint density at radius 3 is 2.50 bits per heavy atom. The number of amides is 1. The Kier molecular flexibility index (Phi) is 5.69. The zero-order valence-corrected chi connectivity index (χ0v) is 16.5. The van der Waals surface area contributed by atoms with E-state index in [1.54, 1.807) is 54.5 Å². The number of hydrogen-bond acceptors (Lipinski definition) is 8. The maximum atomic E-state index is 13.3. The Balaban J connectivity index is 1.54. The zero-order chi connectivity index (χ0) is 20.9. The van der Waals surface area contributed by atoms with Gasteiger partial charge in [-0.3, -0.25) is 4.79 Å². The highest BCUT2D eigenvalue weighted by Crippen LogP contribution is 2.28. The van der Waals surface area contributed by atoms with Crippen LogP contribution in [0, 0.1) is 0 Å². The molecule has 0 bridgehead atoms. The molecule has 1 amide bonds. The first-order chi connectivity index (χ1) is 14.7. The molecule has 0 atom stereocenters. The van der Waals surface area contributed by atoms with Crippen LogP contribution in [0.3, 0.4) is 0 Å². The lowest BCUT2D eigenvalue weighted by molar-refractivity contribution is 0.0520. The van der Waals surface area contributed by atoms with Gasteiger partial charge in [0, 0.05) is 44.1 Å². The molecule has 0 saturated carbocycles. The highest BCUT2D eigenvalue weighted by atomic mass is 16.5. The van der Waals surface area contributed by atoms with Crippen molar-refractivity contribution >= 4 is 17.8 Å². The minimum Gasteiger partial charge on any atom is -0.461 e. The standard InChI is InChI=1S/C21H21N5O4/c1-2-29-20(28)17-18(30-14-24-17)15-6-3-4-7-16(15)19(27)25-10-12-26(13-11-25)21-22-8-5-9-23-21/h3-9,14H,2,10-13H2,1H3. The van der Waals surface area contributed by atoms with E-state index in [1.165, 1.54) is 6.39 Å². The molecular formula is C21H21N5O4. The predicted octanol–water partition coefficient (Wildman–Crippen LogP) is 2.27. The van der Waals surface area contributed by atoms with Crippen LogP contribution in [0.4, 0.5) is 5.95 Å². The van der Waals surface area contributed by atoms with E-state index >= 15 is 0 Å². The highest BCUT2D eigenvalue weighted by molar-refractivity contribution is 6.03. The molecule has 0 aliphatic carbocycles. The van der Waals surface area contributed by atoms with Crippen molar-refractivity contribution in [1.29, 1.82) is 0 Å². The van der Waals surface area contributed by atoms with Gasteiger partial charge in [-0.05, 0) is 19.1 Å². The van der Waals surface area contributed by atoms with Gasteiger partial charge in [0.25, 0.3) is 5.91 Å². The first-order valence-corrected chi connectivity index (χ1v) is 9.70. The van der Waals surface area contributed by atoms with Gasteiger partial charge in [0.2, 0.25) is 5.95 Å². The van der Waals surface area contributed by atoms with Crippen LogP contribution in [0.1, 0.15) is 27.8 Å². The van der Waals surface area contributed by atoms with E-state index in [4.69, 9.17) is 9.15 Å². The van der Waals surface area contributed by atoms with Gasteiger partial charge < -0.3 is 19.0 Å². The monoisotopic (exact) mass is 407 g/mol. The van der Waals surface area contributed by atoms with Gasteiger partial charge in [-0.2, -0.15) is 0 Å². The quantitative estimate of drug-likeness (QED) is 0.594. The number of anilines is 1. The minimum absolute atomic E-state index is 0.0585. The predicted molar refractivity (Wildman–Crippen MR) is 108 cm³/mol. The molecule has 9 nitrogen and oxygen atoms in total. The zero-order valence-electron chi connectivity index (χ0n) is 16.5. The Bertz CT molecular complexity index is 1030. The van der Waals surface area contributed by atoms with Crippen molar-refractivity contribution in [2.45, 2.75) is 6.92 Å². The lowest BCUT2D eigenvalue weighted by Gasteiger charge is -2.34. The van der Waals surface area contributed by atoms with Crippen molar-refractivity contribution in [2.75, 3.05) is 37.7 Å². The molecule has 0 spiro atoms. The maximum absolute atomic E-state index is 13.3. The molecule has 1 fully saturated rings. The Morgan fingerprint density at radius 1 is 1.03 bits per heavy atom. The summed E-state index contributed by atoms with van der Waals surface area (Å²) in [4.78, 5) is 41.8. The van der Waals surface area contributed by atoms with Crippen LogP contribution < -0.4 is 4.90 Å². The molecule has 0 unspecified atom stereocenters. The molecule has 154 valence electrons. The van der Waals surface area contributed by atoms with E-state index in [1.807, 2.05) is 4.90 Å². The molecule has 0 radical (unpaired) electrons. The van der Waals surface area contributed by atoms with E-state index in [0.717, 1.165) is 0 Å². The van der Waals surface area contributed by atoms with Gasteiger partial charge in [0.1, 0.15) is 0 Å². The van der Waals surface area contributed by atoms with Crippen LogP contribution in [-0.4, -0.2) is 64.5 Å². The van der Waals surface area contributed by atoms with Crippen molar-refractivity contribution in [3.05, 3.63) is 60.4 Å². The van der Waals surface area contributed by atoms with Crippen LogP contribution >= 0.6 is 0 Å². The van der Waals surface area contributed by atoms with Crippen LogP contribution in [0.15, 0.2) is 53.5 Å². The van der Waals surface area contributed by atoms with Crippen LogP contribution in [0.2, 0.25) is 0 Å². The summed E-state index contributed by atoms with van der Waals surface area (Å²) in [6.45, 7) is 4.28. The number of oxazole rings is 1. The van der Waals surface area contributed by atoms with Crippen LogP contribution in [0.25, 0.3) is 11.3 Å². The average molecular weight is 407 g/mol. The summed E-state index contributed by atoms with van der Waals surface area (Å²) in [5.74, 6) is 0.171.